The summed E-state index contributed by atoms with van der Waals surface area (Å²) in [6.07, 6.45) is 3.31. The molecular weight excluding hydrogens is 306 g/mol. The van der Waals surface area contributed by atoms with E-state index in [9.17, 15) is 4.79 Å². The van der Waals surface area contributed by atoms with Gasteiger partial charge in [0.15, 0.2) is 0 Å². The van der Waals surface area contributed by atoms with Crippen LogP contribution in [-0.2, 0) is 6.54 Å². The minimum atomic E-state index is 0.0937. The molecule has 0 aliphatic carbocycles. The van der Waals surface area contributed by atoms with E-state index < -0.39 is 0 Å². The molecule has 0 unspecified atom stereocenters. The molecule has 0 radical (unpaired) electrons. The van der Waals surface area contributed by atoms with Crippen molar-refractivity contribution in [2.45, 2.75) is 6.54 Å². The third-order valence-corrected chi connectivity index (χ3v) is 4.81. The molecule has 6 heteroatoms. The second kappa shape index (κ2) is 6.56. The molecule has 0 bridgehead atoms. The molecule has 0 aromatic carbocycles. The second-order valence-electron chi connectivity index (χ2n) is 5.01. The van der Waals surface area contributed by atoms with Crippen LogP contribution in [0.3, 0.4) is 0 Å². The molecular formula is C15H16ClN3OS. The molecule has 1 fully saturated rings. The van der Waals surface area contributed by atoms with Crippen LogP contribution in [0.1, 0.15) is 15.2 Å². The van der Waals surface area contributed by atoms with Gasteiger partial charge in [-0.15, -0.1) is 11.3 Å². The number of hydrogen-bond donors (Lipinski definition) is 0. The topological polar surface area (TPSA) is 36.4 Å². The summed E-state index contributed by atoms with van der Waals surface area (Å²) in [6.45, 7) is 4.23. The Morgan fingerprint density at radius 1 is 1.14 bits per heavy atom. The van der Waals surface area contributed by atoms with Crippen molar-refractivity contribution >= 4 is 28.8 Å². The van der Waals surface area contributed by atoms with Gasteiger partial charge in [0, 0.05) is 55.6 Å². The van der Waals surface area contributed by atoms with Gasteiger partial charge >= 0.3 is 0 Å². The van der Waals surface area contributed by atoms with Gasteiger partial charge in [0.05, 0.1) is 4.34 Å². The summed E-state index contributed by atoms with van der Waals surface area (Å²) >= 11 is 7.57. The molecule has 0 N–H and O–H groups in total. The van der Waals surface area contributed by atoms with Crippen LogP contribution in [0.15, 0.2) is 36.7 Å². The van der Waals surface area contributed by atoms with Crippen LogP contribution in [-0.4, -0.2) is 46.9 Å². The number of nitrogens with zero attached hydrogens (tertiary/aromatic N) is 3. The molecule has 21 heavy (non-hydrogen) atoms. The maximum atomic E-state index is 12.3. The van der Waals surface area contributed by atoms with E-state index in [1.807, 2.05) is 11.0 Å². The van der Waals surface area contributed by atoms with E-state index in [0.29, 0.717) is 5.56 Å². The summed E-state index contributed by atoms with van der Waals surface area (Å²) in [7, 11) is 0. The van der Waals surface area contributed by atoms with Gasteiger partial charge in [-0.05, 0) is 24.3 Å². The maximum Gasteiger partial charge on any atom is 0.254 e. The van der Waals surface area contributed by atoms with Crippen LogP contribution >= 0.6 is 22.9 Å². The van der Waals surface area contributed by atoms with Gasteiger partial charge in [-0.3, -0.25) is 14.7 Å². The average molecular weight is 322 g/mol. The zero-order chi connectivity index (χ0) is 14.7. The summed E-state index contributed by atoms with van der Waals surface area (Å²) in [5.41, 5.74) is 0.712. The molecule has 1 aliphatic rings. The Kier molecular flexibility index (Phi) is 4.53. The lowest BCUT2D eigenvalue weighted by molar-refractivity contribution is 0.0629. The predicted octanol–water partition coefficient (Wildman–Crippen LogP) is 2.75. The number of hydrogen-bond acceptors (Lipinski definition) is 4. The fraction of sp³-hybridized carbons (Fsp3) is 0.333. The number of carbonyl (C=O) groups excluding carboxylic acids is 1. The Morgan fingerprint density at radius 3 is 2.48 bits per heavy atom. The third kappa shape index (κ3) is 3.61. The molecule has 0 saturated carbocycles. The first-order valence-corrected chi connectivity index (χ1v) is 8.08. The summed E-state index contributed by atoms with van der Waals surface area (Å²) in [5, 5.41) is 0. The van der Waals surface area contributed by atoms with E-state index in [1.165, 1.54) is 4.88 Å². The highest BCUT2D eigenvalue weighted by atomic mass is 35.5. The Morgan fingerprint density at radius 2 is 1.86 bits per heavy atom. The van der Waals surface area contributed by atoms with Crippen LogP contribution in [0.25, 0.3) is 0 Å². The van der Waals surface area contributed by atoms with Crippen molar-refractivity contribution < 1.29 is 4.79 Å². The van der Waals surface area contributed by atoms with E-state index in [2.05, 4.69) is 16.0 Å². The first kappa shape index (κ1) is 14.5. The Bertz CT molecular complexity index is 608. The van der Waals surface area contributed by atoms with Gasteiger partial charge < -0.3 is 4.90 Å². The highest BCUT2D eigenvalue weighted by Gasteiger charge is 2.22. The molecule has 3 rings (SSSR count). The van der Waals surface area contributed by atoms with E-state index >= 15 is 0 Å². The Balaban J connectivity index is 1.54. The maximum absolute atomic E-state index is 12.3. The van der Waals surface area contributed by atoms with Crippen LogP contribution in [0, 0.1) is 0 Å². The monoisotopic (exact) mass is 321 g/mol. The number of halogens is 1. The highest BCUT2D eigenvalue weighted by molar-refractivity contribution is 7.16. The first-order chi connectivity index (χ1) is 10.2. The lowest BCUT2D eigenvalue weighted by Crippen LogP contribution is -2.48. The van der Waals surface area contributed by atoms with Crippen molar-refractivity contribution in [1.29, 1.82) is 0 Å². The quantitative estimate of drug-likeness (QED) is 0.872. The predicted molar refractivity (Wildman–Crippen MR) is 84.7 cm³/mol. The molecule has 0 atom stereocenters. The van der Waals surface area contributed by atoms with E-state index in [1.54, 1.807) is 35.9 Å². The highest BCUT2D eigenvalue weighted by Crippen LogP contribution is 2.23. The van der Waals surface area contributed by atoms with Crippen LogP contribution in [0.4, 0.5) is 0 Å². The fourth-order valence-corrected chi connectivity index (χ4v) is 3.57. The smallest absolute Gasteiger partial charge is 0.254 e. The average Bonchev–Trinajstić information content (AvgIpc) is 2.93. The molecule has 1 amide bonds. The van der Waals surface area contributed by atoms with E-state index in [4.69, 9.17) is 11.6 Å². The minimum absolute atomic E-state index is 0.0937. The third-order valence-electron chi connectivity index (χ3n) is 3.60. The van der Waals surface area contributed by atoms with Crippen molar-refractivity contribution in [1.82, 2.24) is 14.8 Å². The molecule has 0 spiro atoms. The van der Waals surface area contributed by atoms with Crippen LogP contribution in [0.2, 0.25) is 4.34 Å². The molecule has 1 aliphatic heterocycles. The van der Waals surface area contributed by atoms with Crippen molar-refractivity contribution in [2.75, 3.05) is 26.2 Å². The normalized spacial score (nSPS) is 16.1. The van der Waals surface area contributed by atoms with Crippen molar-refractivity contribution in [3.8, 4) is 0 Å². The van der Waals surface area contributed by atoms with Crippen molar-refractivity contribution in [3.63, 3.8) is 0 Å². The SMILES string of the molecule is O=C(c1ccncc1)N1CCN(Cc2ccc(Cl)s2)CC1. The van der Waals surface area contributed by atoms with Gasteiger partial charge in [-0.2, -0.15) is 0 Å². The molecule has 4 nitrogen and oxygen atoms in total. The van der Waals surface area contributed by atoms with Gasteiger partial charge in [-0.25, -0.2) is 0 Å². The molecule has 110 valence electrons. The van der Waals surface area contributed by atoms with E-state index in [-0.39, 0.29) is 5.91 Å². The van der Waals surface area contributed by atoms with Gasteiger partial charge in [0.2, 0.25) is 0 Å². The first-order valence-electron chi connectivity index (χ1n) is 6.88. The number of piperazine rings is 1. The number of carbonyl (C=O) groups is 1. The zero-order valence-electron chi connectivity index (χ0n) is 11.5. The molecule has 3 heterocycles. The van der Waals surface area contributed by atoms with Crippen molar-refractivity contribution in [3.05, 3.63) is 51.4 Å². The number of thiophene rings is 1. The lowest BCUT2D eigenvalue weighted by atomic mass is 10.2. The Hall–Kier alpha value is -1.43. The standard InChI is InChI=1S/C15H16ClN3OS/c16-14-2-1-13(21-14)11-18-7-9-19(10-8-18)15(20)12-3-5-17-6-4-12/h1-6H,7-11H2. The summed E-state index contributed by atoms with van der Waals surface area (Å²) in [4.78, 5) is 21.8. The lowest BCUT2D eigenvalue weighted by Gasteiger charge is -2.34. The summed E-state index contributed by atoms with van der Waals surface area (Å²) < 4.78 is 0.830. The summed E-state index contributed by atoms with van der Waals surface area (Å²) in [6, 6.07) is 7.54. The largest absolute Gasteiger partial charge is 0.336 e. The van der Waals surface area contributed by atoms with Gasteiger partial charge in [0.25, 0.3) is 5.91 Å². The molecule has 2 aromatic heterocycles. The van der Waals surface area contributed by atoms with Gasteiger partial charge in [-0.1, -0.05) is 11.6 Å². The summed E-state index contributed by atoms with van der Waals surface area (Å²) in [5.74, 6) is 0.0937. The molecule has 1 saturated heterocycles. The number of rotatable bonds is 3. The van der Waals surface area contributed by atoms with Crippen LogP contribution < -0.4 is 0 Å². The number of pyridine rings is 1. The van der Waals surface area contributed by atoms with Crippen molar-refractivity contribution in [2.24, 2.45) is 0 Å². The number of aromatic nitrogens is 1. The van der Waals surface area contributed by atoms with Gasteiger partial charge in [0.1, 0.15) is 0 Å². The zero-order valence-corrected chi connectivity index (χ0v) is 13.1. The van der Waals surface area contributed by atoms with Crippen LogP contribution in [0.5, 0.6) is 0 Å². The fourth-order valence-electron chi connectivity index (χ4n) is 2.44. The molecule has 2 aromatic rings. The second-order valence-corrected chi connectivity index (χ2v) is 6.81. The Labute approximate surface area is 133 Å². The minimum Gasteiger partial charge on any atom is -0.336 e. The van der Waals surface area contributed by atoms with E-state index in [0.717, 1.165) is 37.1 Å². The number of amides is 1.